The molecule has 2 aliphatic heterocycles. The maximum Gasteiger partial charge on any atom is 0.308 e. The minimum atomic E-state index is -0.310. The number of aliphatic hydroxyl groups is 1. The number of carbonyl (C=O) groups is 1. The molecule has 4 nitrogen and oxygen atoms in total. The first-order chi connectivity index (χ1) is 6.14. The third-order valence-corrected chi connectivity index (χ3v) is 3.11. The summed E-state index contributed by atoms with van der Waals surface area (Å²) < 4.78 is 10.1. The van der Waals surface area contributed by atoms with Crippen LogP contribution in [0.5, 0.6) is 0 Å². The second-order valence-electron chi connectivity index (χ2n) is 4.24. The summed E-state index contributed by atoms with van der Waals surface area (Å²) in [5, 5.41) is 9.07. The van der Waals surface area contributed by atoms with Crippen LogP contribution in [0.1, 0.15) is 19.3 Å². The van der Waals surface area contributed by atoms with Crippen LogP contribution in [-0.2, 0) is 14.3 Å². The van der Waals surface area contributed by atoms with Gasteiger partial charge in [-0.3, -0.25) is 4.79 Å². The fourth-order valence-electron chi connectivity index (χ4n) is 2.49. The van der Waals surface area contributed by atoms with Gasteiger partial charge in [-0.15, -0.1) is 0 Å². The Morgan fingerprint density at radius 2 is 2.31 bits per heavy atom. The predicted molar refractivity (Wildman–Crippen MR) is 44.1 cm³/mol. The average Bonchev–Trinajstić information content (AvgIpc) is 2.59. The van der Waals surface area contributed by atoms with E-state index in [2.05, 4.69) is 4.74 Å². The van der Waals surface area contributed by atoms with E-state index in [0.29, 0.717) is 13.0 Å². The van der Waals surface area contributed by atoms with Gasteiger partial charge in [-0.1, -0.05) is 0 Å². The van der Waals surface area contributed by atoms with Crippen LogP contribution in [0.2, 0.25) is 0 Å². The van der Waals surface area contributed by atoms with Gasteiger partial charge in [0.1, 0.15) is 0 Å². The lowest BCUT2D eigenvalue weighted by Crippen LogP contribution is -2.47. The number of esters is 1. The van der Waals surface area contributed by atoms with E-state index in [0.717, 1.165) is 12.8 Å². The highest BCUT2D eigenvalue weighted by molar-refractivity contribution is 5.71. The van der Waals surface area contributed by atoms with Crippen molar-refractivity contribution in [2.45, 2.75) is 24.9 Å². The molecular formula is C9H14O4. The zero-order valence-electron chi connectivity index (χ0n) is 7.71. The first-order valence-corrected chi connectivity index (χ1v) is 4.45. The molecule has 1 N–H and O–H groups in total. The lowest BCUT2D eigenvalue weighted by atomic mass is 9.62. The summed E-state index contributed by atoms with van der Waals surface area (Å²) >= 11 is 0. The van der Waals surface area contributed by atoms with Crippen molar-refractivity contribution in [3.8, 4) is 0 Å². The number of ether oxygens (including phenoxy) is 2. The maximum absolute atomic E-state index is 11.0. The molecule has 0 spiro atoms. The molecule has 0 atom stereocenters. The van der Waals surface area contributed by atoms with E-state index in [1.165, 1.54) is 7.11 Å². The van der Waals surface area contributed by atoms with Crippen molar-refractivity contribution in [3.05, 3.63) is 0 Å². The van der Waals surface area contributed by atoms with Crippen molar-refractivity contribution in [2.24, 2.45) is 5.41 Å². The third-order valence-electron chi connectivity index (χ3n) is 3.11. The number of rotatable bonds is 3. The largest absolute Gasteiger partial charge is 0.469 e. The van der Waals surface area contributed by atoms with E-state index >= 15 is 0 Å². The summed E-state index contributed by atoms with van der Waals surface area (Å²) in [6.45, 7) is 0.746. The minimum absolute atomic E-state index is 0.0476. The minimum Gasteiger partial charge on any atom is -0.469 e. The lowest BCUT2D eigenvalue weighted by Gasteiger charge is -2.42. The monoisotopic (exact) mass is 186 g/mol. The van der Waals surface area contributed by atoms with Gasteiger partial charge in [0.2, 0.25) is 0 Å². The van der Waals surface area contributed by atoms with E-state index in [9.17, 15) is 4.79 Å². The predicted octanol–water partition coefficient (Wildman–Crippen LogP) is 0.0910. The van der Waals surface area contributed by atoms with Gasteiger partial charge in [-0.25, -0.2) is 0 Å². The van der Waals surface area contributed by atoms with Crippen molar-refractivity contribution in [3.63, 3.8) is 0 Å². The molecule has 1 saturated carbocycles. The lowest BCUT2D eigenvalue weighted by molar-refractivity contribution is -0.149. The Kier molecular flexibility index (Phi) is 1.85. The Morgan fingerprint density at radius 3 is 2.77 bits per heavy atom. The molecule has 0 amide bonds. The second-order valence-corrected chi connectivity index (χ2v) is 4.24. The van der Waals surface area contributed by atoms with Crippen LogP contribution in [0, 0.1) is 5.41 Å². The number of hydrogen-bond donors (Lipinski definition) is 1. The first kappa shape index (κ1) is 8.97. The number of methoxy groups -OCH3 is 1. The standard InChI is InChI=1S/C9H14O4/c1-12-7(11)2-9-3-8(4-9,5-10)6-13-9/h10H,2-6H2,1H3. The second kappa shape index (κ2) is 2.69. The summed E-state index contributed by atoms with van der Waals surface area (Å²) in [5.74, 6) is -0.228. The molecule has 3 fully saturated rings. The molecule has 74 valence electrons. The van der Waals surface area contributed by atoms with E-state index in [-0.39, 0.29) is 23.6 Å². The van der Waals surface area contributed by atoms with E-state index in [1.54, 1.807) is 0 Å². The highest BCUT2D eigenvalue weighted by Gasteiger charge is 2.62. The quantitative estimate of drug-likeness (QED) is 0.635. The molecule has 2 saturated heterocycles. The average molecular weight is 186 g/mol. The SMILES string of the molecule is COC(=O)CC12CC(CO)(CO1)C2. The molecule has 13 heavy (non-hydrogen) atoms. The van der Waals surface area contributed by atoms with Crippen LogP contribution in [0.15, 0.2) is 0 Å². The van der Waals surface area contributed by atoms with Gasteiger partial charge in [0.15, 0.2) is 0 Å². The van der Waals surface area contributed by atoms with Gasteiger partial charge in [-0.05, 0) is 12.8 Å². The summed E-state index contributed by atoms with van der Waals surface area (Å²) in [7, 11) is 1.38. The van der Waals surface area contributed by atoms with Crippen molar-refractivity contribution in [2.75, 3.05) is 20.3 Å². The van der Waals surface area contributed by atoms with Crippen molar-refractivity contribution in [1.29, 1.82) is 0 Å². The molecule has 2 heterocycles. The molecule has 4 heteroatoms. The zero-order valence-corrected chi connectivity index (χ0v) is 7.71. The molecule has 0 aromatic heterocycles. The molecule has 2 bridgehead atoms. The van der Waals surface area contributed by atoms with Gasteiger partial charge < -0.3 is 14.6 Å². The maximum atomic E-state index is 11.0. The first-order valence-electron chi connectivity index (χ1n) is 4.45. The summed E-state index contributed by atoms with van der Waals surface area (Å²) in [6, 6.07) is 0. The van der Waals surface area contributed by atoms with Gasteiger partial charge >= 0.3 is 5.97 Å². The molecule has 0 aromatic rings. The Bertz CT molecular complexity index is 230. The number of aliphatic hydroxyl groups excluding tert-OH is 1. The molecular weight excluding hydrogens is 172 g/mol. The zero-order chi connectivity index (χ0) is 9.53. The number of fused-ring (bicyclic) bond motifs is 1. The highest BCUT2D eigenvalue weighted by atomic mass is 16.5. The summed E-state index contributed by atoms with van der Waals surface area (Å²) in [5.41, 5.74) is -0.357. The van der Waals surface area contributed by atoms with Crippen LogP contribution < -0.4 is 0 Å². The van der Waals surface area contributed by atoms with Gasteiger partial charge in [0.05, 0.1) is 32.3 Å². The summed E-state index contributed by atoms with van der Waals surface area (Å²) in [6.07, 6.45) is 1.92. The van der Waals surface area contributed by atoms with Crippen LogP contribution >= 0.6 is 0 Å². The molecule has 0 unspecified atom stereocenters. The molecule has 0 radical (unpaired) electrons. The Labute approximate surface area is 76.8 Å². The van der Waals surface area contributed by atoms with Crippen LogP contribution in [0.25, 0.3) is 0 Å². The van der Waals surface area contributed by atoms with Crippen molar-refractivity contribution in [1.82, 2.24) is 0 Å². The Hall–Kier alpha value is -0.610. The smallest absolute Gasteiger partial charge is 0.308 e. The van der Waals surface area contributed by atoms with Gasteiger partial charge in [0.25, 0.3) is 0 Å². The third kappa shape index (κ3) is 1.25. The topological polar surface area (TPSA) is 55.8 Å². The Morgan fingerprint density at radius 1 is 1.62 bits per heavy atom. The van der Waals surface area contributed by atoms with E-state index in [4.69, 9.17) is 9.84 Å². The highest BCUT2D eigenvalue weighted by Crippen LogP contribution is 2.59. The normalized spacial score (nSPS) is 41.4. The van der Waals surface area contributed by atoms with Crippen molar-refractivity contribution >= 4 is 5.97 Å². The molecule has 1 aliphatic carbocycles. The molecule has 3 aliphatic rings. The van der Waals surface area contributed by atoms with Crippen LogP contribution in [0.3, 0.4) is 0 Å². The Balaban J connectivity index is 1.94. The molecule has 3 rings (SSSR count). The van der Waals surface area contributed by atoms with E-state index in [1.807, 2.05) is 0 Å². The van der Waals surface area contributed by atoms with Gasteiger partial charge in [0, 0.05) is 5.41 Å². The van der Waals surface area contributed by atoms with Crippen LogP contribution in [0.4, 0.5) is 0 Å². The number of hydrogen-bond acceptors (Lipinski definition) is 4. The summed E-state index contributed by atoms with van der Waals surface area (Å²) in [4.78, 5) is 11.0. The fourth-order valence-corrected chi connectivity index (χ4v) is 2.49. The van der Waals surface area contributed by atoms with E-state index < -0.39 is 0 Å². The van der Waals surface area contributed by atoms with Gasteiger partial charge in [-0.2, -0.15) is 0 Å². The molecule has 0 aromatic carbocycles. The van der Waals surface area contributed by atoms with Crippen LogP contribution in [-0.4, -0.2) is 37.0 Å². The fraction of sp³-hybridized carbons (Fsp3) is 0.889. The van der Waals surface area contributed by atoms with Crippen molar-refractivity contribution < 1.29 is 19.4 Å². The number of carbonyl (C=O) groups excluding carboxylic acids is 1.